The van der Waals surface area contributed by atoms with Gasteiger partial charge in [-0.15, -0.1) is 0 Å². The van der Waals surface area contributed by atoms with Crippen molar-refractivity contribution in [1.82, 2.24) is 4.90 Å². The summed E-state index contributed by atoms with van der Waals surface area (Å²) in [7, 11) is 0. The molecule has 176 valence electrons. The molecule has 5 nitrogen and oxygen atoms in total. The van der Waals surface area contributed by atoms with Gasteiger partial charge in [0.15, 0.2) is 0 Å². The van der Waals surface area contributed by atoms with Gasteiger partial charge in [-0.3, -0.25) is 4.90 Å². The summed E-state index contributed by atoms with van der Waals surface area (Å²) in [6, 6.07) is 23.4. The second-order valence-electron chi connectivity index (χ2n) is 8.71. The van der Waals surface area contributed by atoms with Crippen LogP contribution in [0.4, 0.5) is 10.1 Å². The first-order valence-corrected chi connectivity index (χ1v) is 11.6. The second-order valence-corrected chi connectivity index (χ2v) is 8.71. The molecule has 0 amide bonds. The number of hydrogen-bond acceptors (Lipinski definition) is 5. The van der Waals surface area contributed by atoms with Crippen LogP contribution in [0.2, 0.25) is 0 Å². The Morgan fingerprint density at radius 3 is 2.47 bits per heavy atom. The highest BCUT2D eigenvalue weighted by Gasteiger charge is 2.32. The van der Waals surface area contributed by atoms with Gasteiger partial charge in [0.25, 0.3) is 0 Å². The van der Waals surface area contributed by atoms with Gasteiger partial charge in [-0.05, 0) is 49.2 Å². The number of piperazine rings is 1. The maximum atomic E-state index is 15.2. The Hall–Kier alpha value is -3.40. The number of hydrogen-bond donors (Lipinski definition) is 1. The lowest BCUT2D eigenvalue weighted by Crippen LogP contribution is -2.49. The van der Waals surface area contributed by atoms with Crippen molar-refractivity contribution in [3.8, 4) is 11.8 Å². The van der Waals surface area contributed by atoms with Crippen molar-refractivity contribution in [3.63, 3.8) is 0 Å². The number of halogens is 1. The van der Waals surface area contributed by atoms with Crippen LogP contribution in [-0.2, 0) is 0 Å². The molecule has 0 radical (unpaired) electrons. The zero-order chi connectivity index (χ0) is 24.1. The summed E-state index contributed by atoms with van der Waals surface area (Å²) >= 11 is 0. The smallest absolute Gasteiger partial charge is 0.150 e. The fourth-order valence-electron chi connectivity index (χ4n) is 4.54. The molecule has 1 aliphatic rings. The minimum Gasteiger partial charge on any atom is -0.491 e. The van der Waals surface area contributed by atoms with Gasteiger partial charge in [0.05, 0.1) is 30.0 Å². The molecule has 0 saturated carbocycles. The molecular formula is C28H30FN3O2. The number of benzene rings is 3. The molecule has 0 aliphatic carbocycles. The minimum atomic E-state index is -0.332. The first-order chi connectivity index (χ1) is 16.5. The topological polar surface area (TPSA) is 59.7 Å². The number of ether oxygens (including phenoxy) is 1. The van der Waals surface area contributed by atoms with E-state index in [1.165, 1.54) is 11.6 Å². The molecule has 1 aliphatic heterocycles. The molecule has 1 N–H and O–H groups in total. The third-order valence-electron chi connectivity index (χ3n) is 6.53. The van der Waals surface area contributed by atoms with Crippen molar-refractivity contribution in [1.29, 1.82) is 5.26 Å². The molecule has 0 aromatic heterocycles. The van der Waals surface area contributed by atoms with Crippen LogP contribution in [0, 0.1) is 24.1 Å². The molecule has 6 heteroatoms. The number of aryl methyl sites for hydroxylation is 1. The lowest BCUT2D eigenvalue weighted by Gasteiger charge is -2.45. The number of nitrogens with zero attached hydrogens (tertiary/aromatic N) is 3. The van der Waals surface area contributed by atoms with E-state index >= 15 is 4.39 Å². The predicted octanol–water partition coefficient (Wildman–Crippen LogP) is 5.00. The number of rotatable bonds is 7. The quantitative estimate of drug-likeness (QED) is 0.539. The number of aliphatic hydroxyl groups is 1. The predicted molar refractivity (Wildman–Crippen MR) is 131 cm³/mol. The summed E-state index contributed by atoms with van der Waals surface area (Å²) in [5.41, 5.74) is 4.69. The van der Waals surface area contributed by atoms with Crippen LogP contribution in [-0.4, -0.2) is 42.9 Å². The van der Waals surface area contributed by atoms with E-state index in [0.29, 0.717) is 23.5 Å². The highest BCUT2D eigenvalue weighted by molar-refractivity contribution is 5.53. The molecule has 34 heavy (non-hydrogen) atoms. The zero-order valence-corrected chi connectivity index (χ0v) is 19.6. The molecule has 0 unspecified atom stereocenters. The first-order valence-electron chi connectivity index (χ1n) is 11.6. The Morgan fingerprint density at radius 1 is 1.09 bits per heavy atom. The molecule has 1 fully saturated rings. The summed E-state index contributed by atoms with van der Waals surface area (Å²) in [5, 5.41) is 18.1. The van der Waals surface area contributed by atoms with E-state index in [1.807, 2.05) is 24.3 Å². The maximum Gasteiger partial charge on any atom is 0.150 e. The average molecular weight is 460 g/mol. The fraction of sp³-hybridized carbons (Fsp3) is 0.321. The van der Waals surface area contributed by atoms with Crippen LogP contribution in [0.3, 0.4) is 0 Å². The average Bonchev–Trinajstić information content (AvgIpc) is 2.87. The van der Waals surface area contributed by atoms with Crippen LogP contribution in [0.15, 0.2) is 66.7 Å². The Bertz CT molecular complexity index is 1140. The summed E-state index contributed by atoms with van der Waals surface area (Å²) in [4.78, 5) is 4.55. The molecule has 0 spiro atoms. The Labute approximate surface area is 200 Å². The molecular weight excluding hydrogens is 429 g/mol. The van der Waals surface area contributed by atoms with Crippen LogP contribution < -0.4 is 9.64 Å². The standard InChI is InChI=1S/C28H30FN3O2/c1-20-3-7-24(8-4-20)28-19-31(21(2)23-9-5-22(18-30)6-10-23)13-14-32(28)27-12-11-25(17-26(27)29)34-16-15-33/h3-12,17,21,28,33H,13-16,19H2,1-2H3/t21-,28+/m1/s1. The van der Waals surface area contributed by atoms with Gasteiger partial charge < -0.3 is 14.7 Å². The largest absolute Gasteiger partial charge is 0.491 e. The summed E-state index contributed by atoms with van der Waals surface area (Å²) in [6.45, 7) is 6.46. The Morgan fingerprint density at radius 2 is 1.82 bits per heavy atom. The highest BCUT2D eigenvalue weighted by Crippen LogP contribution is 2.36. The van der Waals surface area contributed by atoms with Crippen molar-refractivity contribution < 1.29 is 14.2 Å². The first kappa shape index (κ1) is 23.7. The minimum absolute atomic E-state index is 0.0195. The van der Waals surface area contributed by atoms with E-state index in [-0.39, 0.29) is 31.1 Å². The Balaban J connectivity index is 1.61. The van der Waals surface area contributed by atoms with Gasteiger partial charge >= 0.3 is 0 Å². The normalized spacial score (nSPS) is 17.3. The number of aliphatic hydroxyl groups excluding tert-OH is 1. The fourth-order valence-corrected chi connectivity index (χ4v) is 4.54. The SMILES string of the molecule is Cc1ccc([C@@H]2CN([C@H](C)c3ccc(C#N)cc3)CCN2c2ccc(OCCO)cc2F)cc1. The molecule has 0 bridgehead atoms. The third kappa shape index (κ3) is 5.22. The molecule has 1 heterocycles. The van der Waals surface area contributed by atoms with Gasteiger partial charge in [0.1, 0.15) is 18.2 Å². The molecule has 3 aromatic carbocycles. The lowest BCUT2D eigenvalue weighted by molar-refractivity contribution is 0.170. The highest BCUT2D eigenvalue weighted by atomic mass is 19.1. The van der Waals surface area contributed by atoms with Crippen molar-refractivity contribution in [2.24, 2.45) is 0 Å². The van der Waals surface area contributed by atoms with Gasteiger partial charge in [-0.25, -0.2) is 4.39 Å². The monoisotopic (exact) mass is 459 g/mol. The van der Waals surface area contributed by atoms with Crippen LogP contribution in [0.25, 0.3) is 0 Å². The summed E-state index contributed by atoms with van der Waals surface area (Å²) < 4.78 is 20.6. The maximum absolute atomic E-state index is 15.2. The Kier molecular flexibility index (Phi) is 7.46. The van der Waals surface area contributed by atoms with Gasteiger partial charge in [-0.1, -0.05) is 42.0 Å². The van der Waals surface area contributed by atoms with Crippen LogP contribution in [0.5, 0.6) is 5.75 Å². The van der Waals surface area contributed by atoms with Gasteiger partial charge in [0.2, 0.25) is 0 Å². The van der Waals surface area contributed by atoms with E-state index in [0.717, 1.165) is 24.2 Å². The van der Waals surface area contributed by atoms with Crippen molar-refractivity contribution in [2.75, 3.05) is 37.7 Å². The van der Waals surface area contributed by atoms with Crippen LogP contribution >= 0.6 is 0 Å². The van der Waals surface area contributed by atoms with Gasteiger partial charge in [0, 0.05) is 31.7 Å². The van der Waals surface area contributed by atoms with E-state index < -0.39 is 0 Å². The summed E-state index contributed by atoms with van der Waals surface area (Å²) in [6.07, 6.45) is 0. The van der Waals surface area contributed by atoms with E-state index in [9.17, 15) is 0 Å². The van der Waals surface area contributed by atoms with Crippen LogP contribution in [0.1, 0.15) is 41.3 Å². The van der Waals surface area contributed by atoms with E-state index in [4.69, 9.17) is 15.1 Å². The van der Waals surface area contributed by atoms with E-state index in [1.54, 1.807) is 12.1 Å². The van der Waals surface area contributed by atoms with Crippen molar-refractivity contribution in [2.45, 2.75) is 25.9 Å². The number of nitriles is 1. The summed E-state index contributed by atoms with van der Waals surface area (Å²) in [5.74, 6) is 0.0800. The molecule has 1 saturated heterocycles. The van der Waals surface area contributed by atoms with Crippen molar-refractivity contribution in [3.05, 3.63) is 94.8 Å². The third-order valence-corrected chi connectivity index (χ3v) is 6.53. The number of anilines is 1. The second kappa shape index (κ2) is 10.7. The van der Waals surface area contributed by atoms with Gasteiger partial charge in [-0.2, -0.15) is 5.26 Å². The molecule has 3 aromatic rings. The van der Waals surface area contributed by atoms with E-state index in [2.05, 4.69) is 54.0 Å². The zero-order valence-electron chi connectivity index (χ0n) is 19.6. The molecule has 4 rings (SSSR count). The molecule has 2 atom stereocenters. The van der Waals surface area contributed by atoms with Crippen molar-refractivity contribution >= 4 is 5.69 Å². The lowest BCUT2D eigenvalue weighted by atomic mass is 9.97.